The first kappa shape index (κ1) is 15.2. The van der Waals surface area contributed by atoms with Gasteiger partial charge >= 0.3 is 0 Å². The summed E-state index contributed by atoms with van der Waals surface area (Å²) in [7, 11) is 0. The number of H-pyrrole nitrogens is 1. The lowest BCUT2D eigenvalue weighted by Gasteiger charge is -2.06. The summed E-state index contributed by atoms with van der Waals surface area (Å²) in [4.78, 5) is 15.4. The Morgan fingerprint density at radius 2 is 2.00 bits per heavy atom. The van der Waals surface area contributed by atoms with Crippen molar-refractivity contribution < 1.29 is 18.3 Å². The van der Waals surface area contributed by atoms with Crippen LogP contribution in [0.4, 0.5) is 8.78 Å². The average Bonchev–Trinajstić information content (AvgIpc) is 2.99. The molecule has 23 heavy (non-hydrogen) atoms. The molecule has 0 amide bonds. The van der Waals surface area contributed by atoms with Gasteiger partial charge in [0.15, 0.2) is 18.2 Å². The predicted molar refractivity (Wildman–Crippen MR) is 83.9 cm³/mol. The van der Waals surface area contributed by atoms with Gasteiger partial charge in [-0.1, -0.05) is 25.1 Å². The summed E-state index contributed by atoms with van der Waals surface area (Å²) in [5.74, 6) is -2.07. The lowest BCUT2D eigenvalue weighted by molar-refractivity contribution is 0.0923. The second-order valence-corrected chi connectivity index (χ2v) is 5.18. The monoisotopic (exact) mass is 315 g/mol. The summed E-state index contributed by atoms with van der Waals surface area (Å²) in [6.45, 7) is 1.80. The van der Waals surface area contributed by atoms with E-state index in [9.17, 15) is 13.6 Å². The van der Waals surface area contributed by atoms with E-state index in [1.165, 1.54) is 6.07 Å². The lowest BCUT2D eigenvalue weighted by Crippen LogP contribution is -2.11. The van der Waals surface area contributed by atoms with Crippen LogP contribution in [0.5, 0.6) is 5.75 Å². The maximum absolute atomic E-state index is 13.1. The van der Waals surface area contributed by atoms with Crippen LogP contribution in [-0.4, -0.2) is 17.4 Å². The topological polar surface area (TPSA) is 42.1 Å². The van der Waals surface area contributed by atoms with Crippen LogP contribution in [0.1, 0.15) is 22.8 Å². The highest BCUT2D eigenvalue weighted by Gasteiger charge is 2.14. The first-order valence-corrected chi connectivity index (χ1v) is 7.30. The number of halogens is 2. The largest absolute Gasteiger partial charge is 0.485 e. The van der Waals surface area contributed by atoms with Crippen molar-refractivity contribution in [3.63, 3.8) is 0 Å². The van der Waals surface area contributed by atoms with Gasteiger partial charge in [0, 0.05) is 28.7 Å². The van der Waals surface area contributed by atoms with Gasteiger partial charge in [-0.05, 0) is 24.1 Å². The number of Topliss-reactive ketones (excluding diaryl/α,β-unsaturated/α-hetero) is 1. The van der Waals surface area contributed by atoms with Gasteiger partial charge in [0.1, 0.15) is 5.75 Å². The highest BCUT2D eigenvalue weighted by molar-refractivity contribution is 6.09. The maximum atomic E-state index is 13.1. The van der Waals surface area contributed by atoms with Crippen LogP contribution in [0, 0.1) is 11.6 Å². The molecular formula is C18H15F2NO2. The molecule has 1 N–H and O–H groups in total. The summed E-state index contributed by atoms with van der Waals surface area (Å²) in [5.41, 5.74) is 2.59. The molecule has 0 bridgehead atoms. The maximum Gasteiger partial charge on any atom is 0.202 e. The third kappa shape index (κ3) is 2.95. The number of aromatic amines is 1. The molecule has 3 nitrogen and oxygen atoms in total. The number of hydrogen-bond donors (Lipinski definition) is 1. The van der Waals surface area contributed by atoms with Crippen molar-refractivity contribution in [2.75, 3.05) is 6.61 Å². The van der Waals surface area contributed by atoms with Gasteiger partial charge < -0.3 is 9.72 Å². The van der Waals surface area contributed by atoms with Gasteiger partial charge in [0.2, 0.25) is 5.78 Å². The number of carbonyl (C=O) groups excluding carboxylic acids is 1. The zero-order valence-corrected chi connectivity index (χ0v) is 12.5. The molecule has 0 aliphatic rings. The van der Waals surface area contributed by atoms with E-state index >= 15 is 0 Å². The van der Waals surface area contributed by atoms with Crippen molar-refractivity contribution in [2.45, 2.75) is 13.3 Å². The molecule has 0 saturated carbocycles. The van der Waals surface area contributed by atoms with Crippen LogP contribution in [0.25, 0.3) is 10.9 Å². The molecule has 0 saturated heterocycles. The SMILES string of the molecule is CCc1cccc2c(C(=O)COc3ccc(F)c(F)c3)c[nH]c12. The summed E-state index contributed by atoms with van der Waals surface area (Å²) in [6.07, 6.45) is 2.51. The Morgan fingerprint density at radius 3 is 2.74 bits per heavy atom. The average molecular weight is 315 g/mol. The minimum absolute atomic E-state index is 0.117. The molecule has 118 valence electrons. The van der Waals surface area contributed by atoms with Crippen LogP contribution in [0.15, 0.2) is 42.6 Å². The molecule has 5 heteroatoms. The summed E-state index contributed by atoms with van der Waals surface area (Å²) in [6, 6.07) is 8.96. The van der Waals surface area contributed by atoms with Gasteiger partial charge in [0.05, 0.1) is 0 Å². The van der Waals surface area contributed by atoms with Gasteiger partial charge in [-0.15, -0.1) is 0 Å². The van der Waals surface area contributed by atoms with Crippen LogP contribution < -0.4 is 4.74 Å². The quantitative estimate of drug-likeness (QED) is 0.714. The molecule has 3 aromatic rings. The van der Waals surface area contributed by atoms with Crippen molar-refractivity contribution in [2.24, 2.45) is 0 Å². The van der Waals surface area contributed by atoms with Gasteiger partial charge in [-0.2, -0.15) is 0 Å². The molecule has 0 radical (unpaired) electrons. The lowest BCUT2D eigenvalue weighted by atomic mass is 10.1. The molecule has 0 spiro atoms. The van der Waals surface area contributed by atoms with E-state index in [4.69, 9.17) is 4.74 Å². The fourth-order valence-electron chi connectivity index (χ4n) is 2.54. The number of aryl methyl sites for hydroxylation is 1. The second-order valence-electron chi connectivity index (χ2n) is 5.18. The zero-order chi connectivity index (χ0) is 16.4. The number of benzene rings is 2. The van der Waals surface area contributed by atoms with E-state index < -0.39 is 11.6 Å². The van der Waals surface area contributed by atoms with Crippen molar-refractivity contribution in [1.29, 1.82) is 0 Å². The van der Waals surface area contributed by atoms with Crippen LogP contribution in [-0.2, 0) is 6.42 Å². The Kier molecular flexibility index (Phi) is 4.10. The molecule has 1 heterocycles. The molecule has 0 aliphatic heterocycles. The van der Waals surface area contributed by atoms with Gasteiger partial charge in [-0.3, -0.25) is 4.79 Å². The molecule has 0 atom stereocenters. The third-order valence-corrected chi connectivity index (χ3v) is 3.74. The smallest absolute Gasteiger partial charge is 0.202 e. The highest BCUT2D eigenvalue weighted by Crippen LogP contribution is 2.23. The van der Waals surface area contributed by atoms with Crippen molar-refractivity contribution in [1.82, 2.24) is 4.98 Å². The predicted octanol–water partition coefficient (Wildman–Crippen LogP) is 4.27. The van der Waals surface area contributed by atoms with Gasteiger partial charge in [-0.25, -0.2) is 8.78 Å². The van der Waals surface area contributed by atoms with E-state index in [0.717, 1.165) is 35.0 Å². The van der Waals surface area contributed by atoms with E-state index in [0.29, 0.717) is 5.56 Å². The van der Waals surface area contributed by atoms with Crippen molar-refractivity contribution in [3.05, 3.63) is 65.4 Å². The fourth-order valence-corrected chi connectivity index (χ4v) is 2.54. The number of fused-ring (bicyclic) bond motifs is 1. The molecule has 0 fully saturated rings. The number of para-hydroxylation sites is 1. The number of aromatic nitrogens is 1. The van der Waals surface area contributed by atoms with Crippen molar-refractivity contribution in [3.8, 4) is 5.75 Å². The molecule has 2 aromatic carbocycles. The number of rotatable bonds is 5. The van der Waals surface area contributed by atoms with Gasteiger partial charge in [0.25, 0.3) is 0 Å². The first-order valence-electron chi connectivity index (χ1n) is 7.30. The molecule has 3 rings (SSSR count). The Balaban J connectivity index is 1.79. The molecular weight excluding hydrogens is 300 g/mol. The van der Waals surface area contributed by atoms with E-state index in [2.05, 4.69) is 4.98 Å². The first-order chi connectivity index (χ1) is 11.1. The number of carbonyl (C=O) groups is 1. The number of ketones is 1. The Labute approximate surface area is 131 Å². The minimum atomic E-state index is -1.00. The fraction of sp³-hybridized carbons (Fsp3) is 0.167. The standard InChI is InChI=1S/C18H15F2NO2/c1-2-11-4-3-5-13-14(9-21-18(11)13)17(22)10-23-12-6-7-15(19)16(20)8-12/h3-9,21H,2,10H2,1H3. The highest BCUT2D eigenvalue weighted by atomic mass is 19.2. The zero-order valence-electron chi connectivity index (χ0n) is 12.5. The molecule has 0 aliphatic carbocycles. The minimum Gasteiger partial charge on any atom is -0.485 e. The van der Waals surface area contributed by atoms with E-state index in [1.807, 2.05) is 25.1 Å². The summed E-state index contributed by atoms with van der Waals surface area (Å²) >= 11 is 0. The summed E-state index contributed by atoms with van der Waals surface area (Å²) < 4.78 is 31.3. The van der Waals surface area contributed by atoms with E-state index in [1.54, 1.807) is 6.20 Å². The second kappa shape index (κ2) is 6.20. The van der Waals surface area contributed by atoms with Crippen LogP contribution in [0.2, 0.25) is 0 Å². The summed E-state index contributed by atoms with van der Waals surface area (Å²) in [5, 5.41) is 0.836. The molecule has 0 unspecified atom stereocenters. The number of hydrogen-bond acceptors (Lipinski definition) is 2. The number of ether oxygens (including phenoxy) is 1. The third-order valence-electron chi connectivity index (χ3n) is 3.74. The van der Waals surface area contributed by atoms with Crippen LogP contribution in [0.3, 0.4) is 0 Å². The Morgan fingerprint density at radius 1 is 1.17 bits per heavy atom. The number of nitrogens with one attached hydrogen (secondary N) is 1. The normalized spacial score (nSPS) is 10.9. The van der Waals surface area contributed by atoms with Crippen molar-refractivity contribution >= 4 is 16.7 Å². The van der Waals surface area contributed by atoms with Crippen LogP contribution >= 0.6 is 0 Å². The van der Waals surface area contributed by atoms with E-state index in [-0.39, 0.29) is 18.1 Å². The Bertz CT molecular complexity index is 871. The molecule has 1 aromatic heterocycles. The Hall–Kier alpha value is -2.69.